The Morgan fingerprint density at radius 2 is 1.42 bits per heavy atom. The van der Waals surface area contributed by atoms with E-state index in [1.165, 1.54) is 12.8 Å². The van der Waals surface area contributed by atoms with Gasteiger partial charge in [0.15, 0.2) is 0 Å². The lowest BCUT2D eigenvalue weighted by Crippen LogP contribution is -2.48. The van der Waals surface area contributed by atoms with Gasteiger partial charge in [0.25, 0.3) is 0 Å². The van der Waals surface area contributed by atoms with Gasteiger partial charge in [0.1, 0.15) is 0 Å². The number of anilines is 1. The first-order chi connectivity index (χ1) is 14.4. The topological polar surface area (TPSA) is 69.6 Å². The fourth-order valence-electron chi connectivity index (χ4n) is 5.39. The maximum absolute atomic E-state index is 12.6. The molecule has 2 amide bonds. The molecule has 2 saturated heterocycles. The summed E-state index contributed by atoms with van der Waals surface area (Å²) in [6.07, 6.45) is 7.53. The molecule has 1 spiro atoms. The van der Waals surface area contributed by atoms with Crippen molar-refractivity contribution >= 4 is 30.2 Å². The molecular formula is C23H36ClN5O2. The molecule has 0 atom stereocenters. The number of amides is 2. The first kappa shape index (κ1) is 23.9. The van der Waals surface area contributed by atoms with Crippen LogP contribution in [0.2, 0.25) is 0 Å². The van der Waals surface area contributed by atoms with E-state index in [-0.39, 0.29) is 29.6 Å². The number of halogens is 1. The van der Waals surface area contributed by atoms with Crippen LogP contribution in [0.25, 0.3) is 0 Å². The molecule has 3 heterocycles. The Balaban J connectivity index is 0.00000272. The van der Waals surface area contributed by atoms with Gasteiger partial charge < -0.3 is 4.90 Å². The molecule has 4 rings (SSSR count). The number of unbranched alkanes of at least 4 members (excludes halogenated alkanes) is 1. The average molecular weight is 450 g/mol. The van der Waals surface area contributed by atoms with Crippen molar-refractivity contribution in [2.24, 2.45) is 5.41 Å². The number of carbonyl (C=O) groups is 2. The molecule has 3 aliphatic rings. The molecule has 1 aromatic heterocycles. The first-order valence-corrected chi connectivity index (χ1v) is 11.6. The van der Waals surface area contributed by atoms with Gasteiger partial charge in [0.05, 0.1) is 0 Å². The predicted molar refractivity (Wildman–Crippen MR) is 123 cm³/mol. The van der Waals surface area contributed by atoms with E-state index in [4.69, 9.17) is 0 Å². The van der Waals surface area contributed by atoms with Crippen molar-refractivity contribution in [3.8, 4) is 0 Å². The van der Waals surface area contributed by atoms with Gasteiger partial charge in [-0.1, -0.05) is 12.8 Å². The summed E-state index contributed by atoms with van der Waals surface area (Å²) >= 11 is 0. The van der Waals surface area contributed by atoms with E-state index >= 15 is 0 Å². The quantitative estimate of drug-likeness (QED) is 0.491. The fraction of sp³-hybridized carbons (Fsp3) is 0.739. The Labute approximate surface area is 192 Å². The third kappa shape index (κ3) is 5.75. The van der Waals surface area contributed by atoms with Gasteiger partial charge in [-0.05, 0) is 57.6 Å². The van der Waals surface area contributed by atoms with Crippen molar-refractivity contribution in [1.29, 1.82) is 0 Å². The van der Waals surface area contributed by atoms with Crippen LogP contribution < -0.4 is 4.90 Å². The first-order valence-electron chi connectivity index (χ1n) is 11.6. The Hall–Kier alpha value is -1.73. The Bertz CT molecular complexity index is 748. The lowest BCUT2D eigenvalue weighted by Gasteiger charge is -2.37. The van der Waals surface area contributed by atoms with E-state index in [0.29, 0.717) is 19.4 Å². The monoisotopic (exact) mass is 449 g/mol. The van der Waals surface area contributed by atoms with Crippen molar-refractivity contribution < 1.29 is 9.59 Å². The van der Waals surface area contributed by atoms with Crippen LogP contribution in [-0.2, 0) is 9.59 Å². The number of aromatic nitrogens is 2. The molecule has 7 nitrogen and oxygen atoms in total. The molecule has 0 bridgehead atoms. The lowest BCUT2D eigenvalue weighted by atomic mass is 9.76. The normalized spacial score (nSPS) is 21.6. The minimum Gasteiger partial charge on any atom is -0.338 e. The Morgan fingerprint density at radius 1 is 0.871 bits per heavy atom. The van der Waals surface area contributed by atoms with Crippen molar-refractivity contribution in [3.05, 3.63) is 17.5 Å². The molecule has 1 saturated carbocycles. The van der Waals surface area contributed by atoms with E-state index in [9.17, 15) is 9.59 Å². The smallest absolute Gasteiger partial charge is 0.229 e. The van der Waals surface area contributed by atoms with E-state index < -0.39 is 0 Å². The van der Waals surface area contributed by atoms with Gasteiger partial charge in [0, 0.05) is 57.0 Å². The average Bonchev–Trinajstić information content (AvgIpc) is 3.14. The Kier molecular flexibility index (Phi) is 7.92. The predicted octanol–water partition coefficient (Wildman–Crippen LogP) is 3.13. The summed E-state index contributed by atoms with van der Waals surface area (Å²) in [5, 5.41) is 0. The second-order valence-corrected chi connectivity index (χ2v) is 9.49. The van der Waals surface area contributed by atoms with Crippen LogP contribution in [-0.4, -0.2) is 70.9 Å². The maximum Gasteiger partial charge on any atom is 0.229 e. The van der Waals surface area contributed by atoms with E-state index in [0.717, 1.165) is 75.7 Å². The number of nitrogens with zero attached hydrogens (tertiary/aromatic N) is 5. The summed E-state index contributed by atoms with van der Waals surface area (Å²) in [5.74, 6) is 0.972. The molecule has 0 N–H and O–H groups in total. The number of hydrogen-bond acceptors (Lipinski definition) is 6. The maximum atomic E-state index is 12.6. The van der Waals surface area contributed by atoms with Crippen LogP contribution in [0.4, 0.5) is 5.95 Å². The van der Waals surface area contributed by atoms with Gasteiger partial charge in [-0.25, -0.2) is 9.97 Å². The van der Waals surface area contributed by atoms with Crippen LogP contribution in [0, 0.1) is 19.3 Å². The third-order valence-electron chi connectivity index (χ3n) is 7.05. The lowest BCUT2D eigenvalue weighted by molar-refractivity contribution is -0.153. The number of piperazine rings is 1. The summed E-state index contributed by atoms with van der Waals surface area (Å²) in [7, 11) is 0. The zero-order chi connectivity index (χ0) is 21.1. The largest absolute Gasteiger partial charge is 0.338 e. The summed E-state index contributed by atoms with van der Waals surface area (Å²) in [5.41, 5.74) is 2.03. The molecule has 0 unspecified atom stereocenters. The van der Waals surface area contributed by atoms with Gasteiger partial charge in [-0.15, -0.1) is 12.4 Å². The Morgan fingerprint density at radius 3 is 2.00 bits per heavy atom. The van der Waals surface area contributed by atoms with Crippen molar-refractivity contribution in [1.82, 2.24) is 19.8 Å². The molecule has 1 aliphatic carbocycles. The highest BCUT2D eigenvalue weighted by atomic mass is 35.5. The van der Waals surface area contributed by atoms with Crippen molar-refractivity contribution in [3.63, 3.8) is 0 Å². The zero-order valence-corrected chi connectivity index (χ0v) is 19.8. The second kappa shape index (κ2) is 10.3. The third-order valence-corrected chi connectivity index (χ3v) is 7.05. The van der Waals surface area contributed by atoms with Crippen LogP contribution in [0.15, 0.2) is 6.07 Å². The van der Waals surface area contributed by atoms with Crippen molar-refractivity contribution in [2.45, 2.75) is 65.2 Å². The number of likely N-dealkylation sites (tertiary alicyclic amines) is 1. The van der Waals surface area contributed by atoms with Gasteiger partial charge in [-0.3, -0.25) is 19.4 Å². The molecule has 0 aromatic carbocycles. The number of piperidine rings is 1. The molecule has 0 radical (unpaired) electrons. The van der Waals surface area contributed by atoms with Crippen LogP contribution in [0.3, 0.4) is 0 Å². The fourth-order valence-corrected chi connectivity index (χ4v) is 5.39. The summed E-state index contributed by atoms with van der Waals surface area (Å²) in [6, 6.07) is 2.01. The van der Waals surface area contributed by atoms with Crippen molar-refractivity contribution in [2.75, 3.05) is 44.2 Å². The SMILES string of the molecule is Cc1cc(C)nc(N2CCN(CCCCN3C(=O)CC4(CCCC4)CC3=O)CC2)n1.Cl. The molecule has 172 valence electrons. The highest BCUT2D eigenvalue weighted by molar-refractivity contribution is 5.98. The van der Waals surface area contributed by atoms with Gasteiger partial charge in [0.2, 0.25) is 17.8 Å². The number of carbonyl (C=O) groups excluding carboxylic acids is 2. The molecule has 3 fully saturated rings. The van der Waals surface area contributed by atoms with E-state index in [1.54, 1.807) is 4.90 Å². The summed E-state index contributed by atoms with van der Waals surface area (Å²) in [4.78, 5) is 40.5. The highest BCUT2D eigenvalue weighted by Crippen LogP contribution is 2.46. The van der Waals surface area contributed by atoms with Crippen LogP contribution in [0.1, 0.15) is 62.8 Å². The zero-order valence-electron chi connectivity index (χ0n) is 18.9. The van der Waals surface area contributed by atoms with E-state index in [2.05, 4.69) is 19.8 Å². The molecule has 8 heteroatoms. The number of imide groups is 1. The minimum atomic E-state index is 0. The molecule has 31 heavy (non-hydrogen) atoms. The van der Waals surface area contributed by atoms with Crippen LogP contribution >= 0.6 is 12.4 Å². The van der Waals surface area contributed by atoms with Crippen LogP contribution in [0.5, 0.6) is 0 Å². The summed E-state index contributed by atoms with van der Waals surface area (Å²) < 4.78 is 0. The number of rotatable bonds is 6. The highest BCUT2D eigenvalue weighted by Gasteiger charge is 2.44. The second-order valence-electron chi connectivity index (χ2n) is 9.49. The molecule has 1 aromatic rings. The molecule has 2 aliphatic heterocycles. The number of hydrogen-bond donors (Lipinski definition) is 0. The van der Waals surface area contributed by atoms with Gasteiger partial charge in [-0.2, -0.15) is 0 Å². The molecular weight excluding hydrogens is 414 g/mol. The van der Waals surface area contributed by atoms with E-state index in [1.807, 2.05) is 19.9 Å². The standard InChI is InChI=1S/C23H35N5O2.ClH/c1-18-15-19(2)25-22(24-18)27-13-11-26(12-14-27)9-5-6-10-28-20(29)16-23(17-21(28)30)7-3-4-8-23;/h15H,3-14,16-17H2,1-2H3;1H. The summed E-state index contributed by atoms with van der Waals surface area (Å²) in [6.45, 7) is 9.51. The minimum absolute atomic E-state index is 0. The van der Waals surface area contributed by atoms with Gasteiger partial charge >= 0.3 is 0 Å². The number of aryl methyl sites for hydroxylation is 2.